The standard InChI is InChI=1S/C19H21NO6S/c1-3-13(2)26-27(22,23)20-15-7-9-16(10-8-15)24-18-6-4-5-14-11-17(12-21)25-19(14)18/h4-11,13,20-21H,3,12H2,1-2H3. The molecule has 0 spiro atoms. The van der Waals surface area contributed by atoms with Gasteiger partial charge in [-0.05, 0) is 49.7 Å². The molecule has 2 aromatic carbocycles. The topological polar surface area (TPSA) is 98.0 Å². The predicted molar refractivity (Wildman–Crippen MR) is 102 cm³/mol. The van der Waals surface area contributed by atoms with Gasteiger partial charge in [-0.25, -0.2) is 0 Å². The first kappa shape index (κ1) is 19.2. The van der Waals surface area contributed by atoms with Gasteiger partial charge in [0.25, 0.3) is 0 Å². The van der Waals surface area contributed by atoms with Gasteiger partial charge in [-0.2, -0.15) is 8.42 Å². The van der Waals surface area contributed by atoms with E-state index in [1.165, 1.54) is 0 Å². The minimum atomic E-state index is -3.88. The first-order chi connectivity index (χ1) is 12.9. The smallest absolute Gasteiger partial charge is 0.360 e. The summed E-state index contributed by atoms with van der Waals surface area (Å²) in [6, 6.07) is 13.6. The number of aliphatic hydroxyl groups is 1. The Morgan fingerprint density at radius 1 is 1.19 bits per heavy atom. The first-order valence-corrected chi connectivity index (χ1v) is 9.92. The van der Waals surface area contributed by atoms with Crippen LogP contribution in [0.1, 0.15) is 26.0 Å². The van der Waals surface area contributed by atoms with E-state index in [2.05, 4.69) is 4.72 Å². The zero-order valence-corrected chi connectivity index (χ0v) is 15.8. The highest BCUT2D eigenvalue weighted by molar-refractivity contribution is 7.88. The van der Waals surface area contributed by atoms with Crippen molar-refractivity contribution in [3.05, 3.63) is 54.3 Å². The van der Waals surface area contributed by atoms with Crippen molar-refractivity contribution >= 4 is 27.0 Å². The second kappa shape index (κ2) is 7.99. The van der Waals surface area contributed by atoms with Crippen LogP contribution in [0.15, 0.2) is 52.9 Å². The maximum atomic E-state index is 11.9. The van der Waals surface area contributed by atoms with Crippen LogP contribution in [0.3, 0.4) is 0 Å². The molecule has 0 aliphatic carbocycles. The molecule has 0 aliphatic heterocycles. The minimum absolute atomic E-state index is 0.193. The lowest BCUT2D eigenvalue weighted by Crippen LogP contribution is -2.21. The maximum Gasteiger partial charge on any atom is 0.360 e. The third-order valence-electron chi connectivity index (χ3n) is 3.91. The predicted octanol–water partition coefficient (Wildman–Crippen LogP) is 4.19. The highest BCUT2D eigenvalue weighted by Gasteiger charge is 2.15. The lowest BCUT2D eigenvalue weighted by Gasteiger charge is -2.13. The van der Waals surface area contributed by atoms with Crippen LogP contribution in [-0.2, 0) is 21.1 Å². The summed E-state index contributed by atoms with van der Waals surface area (Å²) >= 11 is 0. The van der Waals surface area contributed by atoms with E-state index in [4.69, 9.17) is 13.3 Å². The molecular formula is C19H21NO6S. The van der Waals surface area contributed by atoms with E-state index >= 15 is 0 Å². The molecule has 1 heterocycles. The fourth-order valence-electron chi connectivity index (χ4n) is 2.42. The molecule has 0 saturated heterocycles. The lowest BCUT2D eigenvalue weighted by atomic mass is 10.2. The second-order valence-electron chi connectivity index (χ2n) is 6.04. The Morgan fingerprint density at radius 3 is 2.59 bits per heavy atom. The number of hydrogen-bond acceptors (Lipinski definition) is 6. The Kier molecular flexibility index (Phi) is 5.69. The molecule has 1 atom stereocenters. The van der Waals surface area contributed by atoms with Gasteiger partial charge >= 0.3 is 10.3 Å². The fraction of sp³-hybridized carbons (Fsp3) is 0.263. The molecule has 0 aliphatic rings. The Morgan fingerprint density at radius 2 is 1.93 bits per heavy atom. The zero-order valence-electron chi connectivity index (χ0n) is 15.0. The zero-order chi connectivity index (χ0) is 19.4. The normalized spacial score (nSPS) is 12.9. The number of aliphatic hydroxyl groups excluding tert-OH is 1. The van der Waals surface area contributed by atoms with Crippen molar-refractivity contribution in [2.45, 2.75) is 33.0 Å². The summed E-state index contributed by atoms with van der Waals surface area (Å²) in [6.45, 7) is 3.34. The number of nitrogens with one attached hydrogen (secondary N) is 1. The summed E-state index contributed by atoms with van der Waals surface area (Å²) in [6.07, 6.45) is 0.187. The van der Waals surface area contributed by atoms with Crippen LogP contribution in [0.2, 0.25) is 0 Å². The summed E-state index contributed by atoms with van der Waals surface area (Å²) in [4.78, 5) is 0. The number of fused-ring (bicyclic) bond motifs is 1. The van der Waals surface area contributed by atoms with E-state index in [0.717, 1.165) is 5.39 Å². The molecule has 0 bridgehead atoms. The highest BCUT2D eigenvalue weighted by atomic mass is 32.2. The van der Waals surface area contributed by atoms with Crippen LogP contribution in [-0.4, -0.2) is 19.6 Å². The van der Waals surface area contributed by atoms with E-state index in [1.54, 1.807) is 43.3 Å². The van der Waals surface area contributed by atoms with E-state index in [-0.39, 0.29) is 6.61 Å². The van der Waals surface area contributed by atoms with Crippen LogP contribution < -0.4 is 9.46 Å². The van der Waals surface area contributed by atoms with E-state index in [1.807, 2.05) is 19.1 Å². The molecule has 0 radical (unpaired) electrons. The van der Waals surface area contributed by atoms with Gasteiger partial charge in [0.2, 0.25) is 0 Å². The van der Waals surface area contributed by atoms with Gasteiger partial charge < -0.3 is 14.3 Å². The largest absolute Gasteiger partial charge is 0.455 e. The van der Waals surface area contributed by atoms with Gasteiger partial charge in [-0.3, -0.25) is 8.91 Å². The average Bonchev–Trinajstić information content (AvgIpc) is 3.07. The van der Waals surface area contributed by atoms with Crippen molar-refractivity contribution in [2.24, 2.45) is 0 Å². The number of rotatable bonds is 8. The first-order valence-electron chi connectivity index (χ1n) is 8.51. The van der Waals surface area contributed by atoms with Crippen LogP contribution in [0.5, 0.6) is 11.5 Å². The van der Waals surface area contributed by atoms with Crippen molar-refractivity contribution in [1.29, 1.82) is 0 Å². The molecule has 1 unspecified atom stereocenters. The van der Waals surface area contributed by atoms with Crippen molar-refractivity contribution < 1.29 is 26.9 Å². The van der Waals surface area contributed by atoms with Crippen LogP contribution in [0.4, 0.5) is 5.69 Å². The van der Waals surface area contributed by atoms with Gasteiger partial charge in [0.15, 0.2) is 11.3 Å². The molecule has 1 aromatic heterocycles. The molecular weight excluding hydrogens is 370 g/mol. The summed E-state index contributed by atoms with van der Waals surface area (Å²) < 4.78 is 42.6. The van der Waals surface area contributed by atoms with Gasteiger partial charge in [-0.15, -0.1) is 0 Å². The third kappa shape index (κ3) is 4.79. The lowest BCUT2D eigenvalue weighted by molar-refractivity contribution is 0.227. The summed E-state index contributed by atoms with van der Waals surface area (Å²) in [5.41, 5.74) is 0.901. The Bertz CT molecular complexity index is 1010. The maximum absolute atomic E-state index is 11.9. The molecule has 0 amide bonds. The van der Waals surface area contributed by atoms with Crippen molar-refractivity contribution in [2.75, 3.05) is 4.72 Å². The molecule has 7 nitrogen and oxygen atoms in total. The van der Waals surface area contributed by atoms with Gasteiger partial charge in [-0.1, -0.05) is 19.1 Å². The van der Waals surface area contributed by atoms with E-state index in [0.29, 0.717) is 35.0 Å². The monoisotopic (exact) mass is 391 g/mol. The molecule has 3 rings (SSSR count). The number of para-hydroxylation sites is 1. The molecule has 0 saturated carbocycles. The minimum Gasteiger partial charge on any atom is -0.455 e. The van der Waals surface area contributed by atoms with Crippen molar-refractivity contribution in [3.8, 4) is 11.5 Å². The van der Waals surface area contributed by atoms with Gasteiger partial charge in [0, 0.05) is 5.39 Å². The Hall–Kier alpha value is -2.55. The van der Waals surface area contributed by atoms with Crippen molar-refractivity contribution in [3.63, 3.8) is 0 Å². The molecule has 3 aromatic rings. The van der Waals surface area contributed by atoms with Gasteiger partial charge in [0.05, 0.1) is 11.8 Å². The van der Waals surface area contributed by atoms with Crippen LogP contribution in [0.25, 0.3) is 11.0 Å². The van der Waals surface area contributed by atoms with E-state index in [9.17, 15) is 13.5 Å². The quantitative estimate of drug-likeness (QED) is 0.597. The Balaban J connectivity index is 1.74. The number of furan rings is 1. The van der Waals surface area contributed by atoms with Gasteiger partial charge in [0.1, 0.15) is 18.1 Å². The Labute approximate surface area is 157 Å². The average molecular weight is 391 g/mol. The summed E-state index contributed by atoms with van der Waals surface area (Å²) in [5, 5.41) is 10.0. The number of ether oxygens (including phenoxy) is 1. The number of hydrogen-bond donors (Lipinski definition) is 2. The molecule has 144 valence electrons. The fourth-order valence-corrected chi connectivity index (χ4v) is 3.46. The summed E-state index contributed by atoms with van der Waals surface area (Å²) in [7, 11) is -3.88. The summed E-state index contributed by atoms with van der Waals surface area (Å²) in [5.74, 6) is 1.46. The molecule has 8 heteroatoms. The third-order valence-corrected chi connectivity index (χ3v) is 4.97. The number of anilines is 1. The molecule has 27 heavy (non-hydrogen) atoms. The molecule has 2 N–H and O–H groups in total. The van der Waals surface area contributed by atoms with Crippen molar-refractivity contribution in [1.82, 2.24) is 0 Å². The molecule has 0 fully saturated rings. The second-order valence-corrected chi connectivity index (χ2v) is 7.35. The van der Waals surface area contributed by atoms with Crippen LogP contribution >= 0.6 is 0 Å². The number of benzene rings is 2. The van der Waals surface area contributed by atoms with E-state index < -0.39 is 16.4 Å². The SMILES string of the molecule is CCC(C)OS(=O)(=O)Nc1ccc(Oc2cccc3cc(CO)oc23)cc1. The highest BCUT2D eigenvalue weighted by Crippen LogP contribution is 2.32. The van der Waals surface area contributed by atoms with Crippen LogP contribution in [0, 0.1) is 0 Å².